The molecule has 0 radical (unpaired) electrons. The van der Waals surface area contributed by atoms with Crippen molar-refractivity contribution in [2.75, 3.05) is 33.8 Å². The highest BCUT2D eigenvalue weighted by molar-refractivity contribution is 6.46. The van der Waals surface area contributed by atoms with E-state index < -0.39 is 17.7 Å². The predicted molar refractivity (Wildman–Crippen MR) is 135 cm³/mol. The van der Waals surface area contributed by atoms with Crippen LogP contribution in [0.25, 0.3) is 5.76 Å². The number of ketones is 1. The largest absolute Gasteiger partial charge is 0.507 e. The minimum atomic E-state index is -0.666. The van der Waals surface area contributed by atoms with E-state index in [2.05, 4.69) is 20.4 Å². The van der Waals surface area contributed by atoms with Crippen molar-refractivity contribution in [3.8, 4) is 5.75 Å². The fourth-order valence-corrected chi connectivity index (χ4v) is 4.12. The van der Waals surface area contributed by atoms with Crippen molar-refractivity contribution in [2.24, 2.45) is 0 Å². The Labute approximate surface area is 202 Å². The first-order valence-corrected chi connectivity index (χ1v) is 11.5. The van der Waals surface area contributed by atoms with Crippen molar-refractivity contribution in [3.05, 3.63) is 82.9 Å². The van der Waals surface area contributed by atoms with Crippen LogP contribution >= 0.6 is 0 Å². The average Bonchev–Trinajstić information content (AvgIpc) is 3.05. The summed E-state index contributed by atoms with van der Waals surface area (Å²) in [5.74, 6) is -0.429. The van der Waals surface area contributed by atoms with Crippen LogP contribution in [0, 0.1) is 6.92 Å². The number of ether oxygens (including phenoxy) is 1. The molecule has 1 aliphatic rings. The molecule has 1 heterocycles. The first-order chi connectivity index (χ1) is 16.1. The summed E-state index contributed by atoms with van der Waals surface area (Å²) in [6, 6.07) is 12.5. The summed E-state index contributed by atoms with van der Waals surface area (Å²) in [6.07, 6.45) is 1.66. The summed E-state index contributed by atoms with van der Waals surface area (Å²) >= 11 is 0. The molecule has 1 fully saturated rings. The molecule has 34 heavy (non-hydrogen) atoms. The molecule has 1 amide bonds. The number of nitrogens with zero attached hydrogens (tertiary/aromatic N) is 2. The number of hydrogen-bond acceptors (Lipinski definition) is 5. The number of aryl methyl sites for hydroxylation is 1. The van der Waals surface area contributed by atoms with Crippen molar-refractivity contribution in [3.63, 3.8) is 0 Å². The molecule has 2 aromatic carbocycles. The van der Waals surface area contributed by atoms with Gasteiger partial charge in [0.2, 0.25) is 0 Å². The zero-order chi connectivity index (χ0) is 25.0. The van der Waals surface area contributed by atoms with Gasteiger partial charge in [-0.05, 0) is 61.8 Å². The van der Waals surface area contributed by atoms with Gasteiger partial charge in [0.05, 0.1) is 11.6 Å². The molecule has 2 aromatic rings. The number of benzene rings is 2. The number of Topliss-reactive ketones (excluding diaryl/α,β-unsaturated/α-hetero) is 1. The number of aliphatic hydroxyl groups is 1. The molecular formula is C28H34N2O4. The molecule has 6 nitrogen and oxygen atoms in total. The second kappa shape index (κ2) is 10.7. The van der Waals surface area contributed by atoms with Crippen molar-refractivity contribution in [1.29, 1.82) is 0 Å². The highest BCUT2D eigenvalue weighted by Gasteiger charge is 2.46. The smallest absolute Gasteiger partial charge is 0.295 e. The molecule has 1 aliphatic heterocycles. The van der Waals surface area contributed by atoms with Crippen LogP contribution in [0.1, 0.15) is 48.1 Å². The number of hydrogen-bond donors (Lipinski definition) is 1. The normalized spacial score (nSPS) is 17.6. The standard InChI is InChI=1S/C28H34N2O4/c1-7-16-34-22-12-13-23(19(4)17-22)26(31)24-25(21-10-8-20(9-11-21)18(2)3)30(15-14-29(5)6)28(33)27(24)32/h7-13,17-18,25,31H,1,14-16H2,2-6H3/b26-24-. The summed E-state index contributed by atoms with van der Waals surface area (Å²) in [5, 5.41) is 11.3. The fourth-order valence-electron chi connectivity index (χ4n) is 4.12. The fraction of sp³-hybridized carbons (Fsp3) is 0.357. The molecule has 0 aliphatic carbocycles. The van der Waals surface area contributed by atoms with E-state index in [0.29, 0.717) is 36.9 Å². The first-order valence-electron chi connectivity index (χ1n) is 11.5. The van der Waals surface area contributed by atoms with Gasteiger partial charge in [-0.1, -0.05) is 50.8 Å². The minimum absolute atomic E-state index is 0.115. The van der Waals surface area contributed by atoms with Gasteiger partial charge in [-0.15, -0.1) is 0 Å². The van der Waals surface area contributed by atoms with Crippen LogP contribution in [0.15, 0.2) is 60.7 Å². The van der Waals surface area contributed by atoms with E-state index in [4.69, 9.17) is 4.74 Å². The number of likely N-dealkylation sites (N-methyl/N-ethyl adjacent to an activating group) is 1. The van der Waals surface area contributed by atoms with E-state index in [1.807, 2.05) is 50.2 Å². The van der Waals surface area contributed by atoms with Gasteiger partial charge in [-0.3, -0.25) is 9.59 Å². The molecule has 0 saturated carbocycles. The molecule has 0 bridgehead atoms. The summed E-state index contributed by atoms with van der Waals surface area (Å²) in [6.45, 7) is 11.1. The summed E-state index contributed by atoms with van der Waals surface area (Å²) < 4.78 is 5.58. The zero-order valence-corrected chi connectivity index (χ0v) is 20.7. The highest BCUT2D eigenvalue weighted by Crippen LogP contribution is 2.40. The molecule has 1 saturated heterocycles. The lowest BCUT2D eigenvalue weighted by Crippen LogP contribution is -2.35. The van der Waals surface area contributed by atoms with Crippen LogP contribution < -0.4 is 4.74 Å². The first kappa shape index (κ1) is 25.2. The Morgan fingerprint density at radius 2 is 1.85 bits per heavy atom. The van der Waals surface area contributed by atoms with E-state index in [1.165, 1.54) is 5.56 Å². The Morgan fingerprint density at radius 3 is 2.41 bits per heavy atom. The SMILES string of the molecule is C=CCOc1ccc(/C(O)=C2/C(=O)C(=O)N(CCN(C)C)C2c2ccc(C(C)C)cc2)c(C)c1. The quantitative estimate of drug-likeness (QED) is 0.254. The minimum Gasteiger partial charge on any atom is -0.507 e. The van der Waals surface area contributed by atoms with Crippen molar-refractivity contribution in [1.82, 2.24) is 9.80 Å². The molecule has 6 heteroatoms. The third kappa shape index (κ3) is 5.23. The number of rotatable bonds is 9. The van der Waals surface area contributed by atoms with Crippen LogP contribution in [-0.4, -0.2) is 60.4 Å². The van der Waals surface area contributed by atoms with Gasteiger partial charge < -0.3 is 19.6 Å². The van der Waals surface area contributed by atoms with Gasteiger partial charge in [0, 0.05) is 18.7 Å². The van der Waals surface area contributed by atoms with Crippen LogP contribution in [0.3, 0.4) is 0 Å². The Morgan fingerprint density at radius 1 is 1.18 bits per heavy atom. The molecule has 0 spiro atoms. The van der Waals surface area contributed by atoms with Gasteiger partial charge in [0.25, 0.3) is 11.7 Å². The topological polar surface area (TPSA) is 70.1 Å². The van der Waals surface area contributed by atoms with Gasteiger partial charge in [-0.2, -0.15) is 0 Å². The average molecular weight is 463 g/mol. The number of amides is 1. The van der Waals surface area contributed by atoms with E-state index in [1.54, 1.807) is 29.2 Å². The lowest BCUT2D eigenvalue weighted by atomic mass is 9.92. The lowest BCUT2D eigenvalue weighted by Gasteiger charge is -2.27. The molecule has 1 unspecified atom stereocenters. The third-order valence-corrected chi connectivity index (χ3v) is 6.07. The maximum Gasteiger partial charge on any atom is 0.295 e. The van der Waals surface area contributed by atoms with E-state index >= 15 is 0 Å². The molecule has 3 rings (SSSR count). The lowest BCUT2D eigenvalue weighted by molar-refractivity contribution is -0.140. The molecular weight excluding hydrogens is 428 g/mol. The molecule has 0 aromatic heterocycles. The second-order valence-electron chi connectivity index (χ2n) is 9.19. The summed E-state index contributed by atoms with van der Waals surface area (Å²) in [4.78, 5) is 29.8. The van der Waals surface area contributed by atoms with E-state index in [9.17, 15) is 14.7 Å². The maximum atomic E-state index is 13.2. The van der Waals surface area contributed by atoms with Crippen LogP contribution in [0.4, 0.5) is 0 Å². The molecule has 1 N–H and O–H groups in total. The zero-order valence-electron chi connectivity index (χ0n) is 20.7. The highest BCUT2D eigenvalue weighted by atomic mass is 16.5. The van der Waals surface area contributed by atoms with Gasteiger partial charge in [-0.25, -0.2) is 0 Å². The van der Waals surface area contributed by atoms with Gasteiger partial charge in [0.15, 0.2) is 0 Å². The van der Waals surface area contributed by atoms with Crippen LogP contribution in [-0.2, 0) is 9.59 Å². The Hall–Kier alpha value is -3.38. The maximum absolute atomic E-state index is 13.2. The monoisotopic (exact) mass is 462 g/mol. The number of aliphatic hydroxyl groups excluding tert-OH is 1. The summed E-state index contributed by atoms with van der Waals surface area (Å²) in [5.41, 5.74) is 3.32. The molecule has 1 atom stereocenters. The van der Waals surface area contributed by atoms with Crippen LogP contribution in [0.2, 0.25) is 0 Å². The summed E-state index contributed by atoms with van der Waals surface area (Å²) in [7, 11) is 3.84. The van der Waals surface area contributed by atoms with Crippen molar-refractivity contribution in [2.45, 2.75) is 32.7 Å². The van der Waals surface area contributed by atoms with Gasteiger partial charge in [0.1, 0.15) is 18.1 Å². The Kier molecular flexibility index (Phi) is 7.94. The molecule has 180 valence electrons. The second-order valence-corrected chi connectivity index (χ2v) is 9.19. The third-order valence-electron chi connectivity index (χ3n) is 6.07. The Bertz CT molecular complexity index is 1100. The van der Waals surface area contributed by atoms with Crippen molar-refractivity contribution >= 4 is 17.4 Å². The predicted octanol–water partition coefficient (Wildman–Crippen LogP) is 4.67. The number of likely N-dealkylation sites (tertiary alicyclic amines) is 1. The van der Waals surface area contributed by atoms with Crippen LogP contribution in [0.5, 0.6) is 5.75 Å². The Balaban J connectivity index is 2.11. The van der Waals surface area contributed by atoms with E-state index in [-0.39, 0.29) is 11.3 Å². The number of carbonyl (C=O) groups is 2. The van der Waals surface area contributed by atoms with E-state index in [0.717, 1.165) is 11.1 Å². The van der Waals surface area contributed by atoms with Crippen molar-refractivity contribution < 1.29 is 19.4 Å². The van der Waals surface area contributed by atoms with Gasteiger partial charge >= 0.3 is 0 Å². The number of carbonyl (C=O) groups excluding carboxylic acids is 2.